The Morgan fingerprint density at radius 1 is 1.00 bits per heavy atom. The van der Waals surface area contributed by atoms with Crippen LogP contribution in [0.15, 0.2) is 69.9 Å². The molecule has 4 nitrogen and oxygen atoms in total. The molecule has 108 valence electrons. The predicted octanol–water partition coefficient (Wildman–Crippen LogP) is 3.72. The molecule has 4 rings (SSSR count). The van der Waals surface area contributed by atoms with E-state index in [-0.39, 0.29) is 5.76 Å². The van der Waals surface area contributed by atoms with Crippen molar-refractivity contribution >= 4 is 16.4 Å². The van der Waals surface area contributed by atoms with E-state index in [1.54, 1.807) is 11.5 Å². The maximum absolute atomic E-state index is 12.3. The monoisotopic (exact) mass is 291 g/mol. The predicted molar refractivity (Wildman–Crippen MR) is 85.4 cm³/mol. The minimum absolute atomic E-state index is 0.385. The molecule has 0 spiro atoms. The number of rotatable bonds is 2. The van der Waals surface area contributed by atoms with Crippen LogP contribution in [0, 0.1) is 0 Å². The van der Waals surface area contributed by atoms with Crippen LogP contribution in [-0.2, 0) is 0 Å². The van der Waals surface area contributed by atoms with Crippen LogP contribution in [0.5, 0.6) is 5.75 Å². The summed E-state index contributed by atoms with van der Waals surface area (Å²) in [6.07, 6.45) is 0. The average molecular weight is 291 g/mol. The van der Waals surface area contributed by atoms with Gasteiger partial charge in [0.05, 0.1) is 18.1 Å². The maximum Gasteiger partial charge on any atom is 0.424 e. The molecule has 2 heterocycles. The lowest BCUT2D eigenvalue weighted by Gasteiger charge is -2.03. The molecule has 22 heavy (non-hydrogen) atoms. The zero-order valence-electron chi connectivity index (χ0n) is 11.9. The van der Waals surface area contributed by atoms with E-state index in [4.69, 9.17) is 9.15 Å². The van der Waals surface area contributed by atoms with Gasteiger partial charge in [-0.1, -0.05) is 18.2 Å². The highest BCUT2D eigenvalue weighted by Gasteiger charge is 2.10. The highest BCUT2D eigenvalue weighted by molar-refractivity contribution is 5.87. The van der Waals surface area contributed by atoms with E-state index in [2.05, 4.69) is 0 Å². The molecule has 2 aromatic heterocycles. The number of methoxy groups -OCH3 is 1. The van der Waals surface area contributed by atoms with E-state index in [0.29, 0.717) is 5.76 Å². The van der Waals surface area contributed by atoms with E-state index >= 15 is 0 Å². The number of hydrogen-bond acceptors (Lipinski definition) is 3. The van der Waals surface area contributed by atoms with E-state index in [9.17, 15) is 4.79 Å². The fourth-order valence-electron chi connectivity index (χ4n) is 2.69. The van der Waals surface area contributed by atoms with Crippen molar-refractivity contribution in [2.75, 3.05) is 7.11 Å². The van der Waals surface area contributed by atoms with Gasteiger partial charge in [-0.25, -0.2) is 9.20 Å². The van der Waals surface area contributed by atoms with Crippen LogP contribution in [-0.4, -0.2) is 11.5 Å². The molecule has 0 aliphatic heterocycles. The molecule has 0 aliphatic rings. The summed E-state index contributed by atoms with van der Waals surface area (Å²) < 4.78 is 12.2. The second-order valence-electron chi connectivity index (χ2n) is 5.07. The first-order valence-electron chi connectivity index (χ1n) is 6.95. The number of nitrogens with zero attached hydrogens (tertiary/aromatic N) is 1. The Hall–Kier alpha value is -3.01. The van der Waals surface area contributed by atoms with Crippen LogP contribution in [0.25, 0.3) is 27.7 Å². The molecule has 0 N–H and O–H groups in total. The van der Waals surface area contributed by atoms with Crippen molar-refractivity contribution in [2.24, 2.45) is 0 Å². The fourth-order valence-corrected chi connectivity index (χ4v) is 2.69. The summed E-state index contributed by atoms with van der Waals surface area (Å²) in [5, 5.41) is 1.02. The Labute approximate surface area is 126 Å². The molecule has 0 amide bonds. The molecule has 4 heteroatoms. The summed E-state index contributed by atoms with van der Waals surface area (Å²) in [6.45, 7) is 0. The highest BCUT2D eigenvalue weighted by Crippen LogP contribution is 2.25. The molecule has 0 unspecified atom stereocenters. The van der Waals surface area contributed by atoms with Crippen LogP contribution < -0.4 is 10.5 Å². The molecule has 4 aromatic rings. The van der Waals surface area contributed by atoms with Crippen molar-refractivity contribution in [1.82, 2.24) is 4.40 Å². The lowest BCUT2D eigenvalue weighted by atomic mass is 10.1. The number of aromatic nitrogens is 1. The Morgan fingerprint density at radius 2 is 1.77 bits per heavy atom. The largest absolute Gasteiger partial charge is 0.497 e. The molecular weight excluding hydrogens is 278 g/mol. The Kier molecular flexibility index (Phi) is 2.76. The summed E-state index contributed by atoms with van der Waals surface area (Å²) in [7, 11) is 1.62. The van der Waals surface area contributed by atoms with Gasteiger partial charge in [0.2, 0.25) is 0 Å². The molecule has 0 radical (unpaired) electrons. The number of para-hydroxylation sites is 1. The van der Waals surface area contributed by atoms with Gasteiger partial charge in [-0.15, -0.1) is 0 Å². The minimum atomic E-state index is -0.385. The van der Waals surface area contributed by atoms with Gasteiger partial charge in [0, 0.05) is 17.0 Å². The van der Waals surface area contributed by atoms with E-state index in [1.807, 2.05) is 60.7 Å². The first-order valence-corrected chi connectivity index (χ1v) is 6.95. The third kappa shape index (κ3) is 1.89. The summed E-state index contributed by atoms with van der Waals surface area (Å²) in [4.78, 5) is 12.3. The van der Waals surface area contributed by atoms with Crippen molar-refractivity contribution in [3.63, 3.8) is 0 Å². The van der Waals surface area contributed by atoms with Crippen LogP contribution >= 0.6 is 0 Å². The second kappa shape index (κ2) is 4.77. The zero-order valence-corrected chi connectivity index (χ0v) is 11.9. The van der Waals surface area contributed by atoms with Crippen molar-refractivity contribution in [3.05, 3.63) is 71.2 Å². The van der Waals surface area contributed by atoms with Gasteiger partial charge in [-0.05, 0) is 36.4 Å². The summed E-state index contributed by atoms with van der Waals surface area (Å²) in [6, 6.07) is 19.0. The first kappa shape index (κ1) is 12.7. The van der Waals surface area contributed by atoms with Gasteiger partial charge in [0.15, 0.2) is 0 Å². The van der Waals surface area contributed by atoms with Gasteiger partial charge < -0.3 is 9.15 Å². The van der Waals surface area contributed by atoms with Crippen LogP contribution in [0.3, 0.4) is 0 Å². The Morgan fingerprint density at radius 3 is 2.55 bits per heavy atom. The number of ether oxygens (including phenoxy) is 1. The van der Waals surface area contributed by atoms with Crippen molar-refractivity contribution in [1.29, 1.82) is 0 Å². The quantitative estimate of drug-likeness (QED) is 0.565. The van der Waals surface area contributed by atoms with Gasteiger partial charge in [0.25, 0.3) is 0 Å². The topological polar surface area (TPSA) is 43.9 Å². The molecular formula is C18H13NO3. The highest BCUT2D eigenvalue weighted by atomic mass is 16.5. The van der Waals surface area contributed by atoms with Crippen molar-refractivity contribution < 1.29 is 9.15 Å². The zero-order chi connectivity index (χ0) is 15.1. The number of fused-ring (bicyclic) bond motifs is 3. The van der Waals surface area contributed by atoms with E-state index in [1.165, 1.54) is 0 Å². The second-order valence-corrected chi connectivity index (χ2v) is 5.07. The molecule has 0 aliphatic carbocycles. The third-order valence-corrected chi connectivity index (χ3v) is 3.77. The number of hydrogen-bond donors (Lipinski definition) is 0. The fraction of sp³-hybridized carbons (Fsp3) is 0.0556. The van der Waals surface area contributed by atoms with Gasteiger partial charge in [-0.3, -0.25) is 0 Å². The standard InChI is InChI=1S/C18H13NO3/c1-21-15-8-6-12(7-9-15)17-11-14-10-13-4-2-3-5-16(13)19(14)18(20)22-17/h2-11H,1H3. The average Bonchev–Trinajstić information content (AvgIpc) is 2.93. The maximum atomic E-state index is 12.3. The van der Waals surface area contributed by atoms with E-state index < -0.39 is 0 Å². The van der Waals surface area contributed by atoms with Gasteiger partial charge in [0.1, 0.15) is 11.5 Å². The lowest BCUT2D eigenvalue weighted by Crippen LogP contribution is -2.10. The van der Waals surface area contributed by atoms with Crippen LogP contribution in [0.4, 0.5) is 0 Å². The van der Waals surface area contributed by atoms with Crippen LogP contribution in [0.1, 0.15) is 0 Å². The molecule has 2 aromatic carbocycles. The van der Waals surface area contributed by atoms with Crippen molar-refractivity contribution in [2.45, 2.75) is 0 Å². The van der Waals surface area contributed by atoms with E-state index in [0.717, 1.165) is 27.7 Å². The molecule has 0 saturated carbocycles. The molecule has 0 atom stereocenters. The minimum Gasteiger partial charge on any atom is -0.497 e. The van der Waals surface area contributed by atoms with Gasteiger partial charge >= 0.3 is 5.76 Å². The molecule has 0 bridgehead atoms. The Balaban J connectivity index is 1.96. The first-order chi connectivity index (χ1) is 10.8. The van der Waals surface area contributed by atoms with Crippen LogP contribution in [0.2, 0.25) is 0 Å². The smallest absolute Gasteiger partial charge is 0.424 e. The number of benzene rings is 2. The van der Waals surface area contributed by atoms with Crippen molar-refractivity contribution in [3.8, 4) is 17.1 Å². The third-order valence-electron chi connectivity index (χ3n) is 3.77. The van der Waals surface area contributed by atoms with Gasteiger partial charge in [-0.2, -0.15) is 0 Å². The molecule has 0 saturated heterocycles. The lowest BCUT2D eigenvalue weighted by molar-refractivity contribution is 0.415. The summed E-state index contributed by atoms with van der Waals surface area (Å²) in [5.41, 5.74) is 2.52. The summed E-state index contributed by atoms with van der Waals surface area (Å²) >= 11 is 0. The SMILES string of the molecule is COc1ccc(-c2cc3cc4ccccc4n3c(=O)o2)cc1. The summed E-state index contributed by atoms with van der Waals surface area (Å²) in [5.74, 6) is 0.924. The Bertz CT molecular complexity index is 1030. The normalized spacial score (nSPS) is 11.1. The molecule has 0 fully saturated rings.